The van der Waals surface area contributed by atoms with E-state index in [1.54, 1.807) is 6.33 Å². The molecule has 2 aliphatic heterocycles. The Bertz CT molecular complexity index is 887. The number of rotatable bonds is 4. The Hall–Kier alpha value is -2.88. The molecule has 0 unspecified atom stereocenters. The van der Waals surface area contributed by atoms with Crippen LogP contribution in [0.2, 0.25) is 0 Å². The number of pyridine rings is 1. The summed E-state index contributed by atoms with van der Waals surface area (Å²) >= 11 is 0. The smallest absolute Gasteiger partial charge is 0.222 e. The molecule has 7 heteroatoms. The molecule has 1 amide bonds. The van der Waals surface area contributed by atoms with E-state index in [1.807, 2.05) is 30.2 Å². The van der Waals surface area contributed by atoms with Crippen molar-refractivity contribution in [2.75, 3.05) is 31.1 Å². The standard InChI is InChI=1S/C21H26N6O/c1-16-3-4-17(11-22)20(25-16)27-9-2-7-21(14-27)8-5-19(28)26(13-21)10-6-18-12-23-15-24-18/h3-4,12,15H,2,5-10,13-14H2,1H3,(H,23,24)/t21-/m1/s1. The minimum absolute atomic E-state index is 0.0816. The second-order valence-electron chi connectivity index (χ2n) is 8.10. The van der Waals surface area contributed by atoms with Crippen molar-refractivity contribution in [1.82, 2.24) is 19.9 Å². The minimum Gasteiger partial charge on any atom is -0.355 e. The monoisotopic (exact) mass is 378 g/mol. The van der Waals surface area contributed by atoms with E-state index in [9.17, 15) is 10.1 Å². The summed E-state index contributed by atoms with van der Waals surface area (Å²) in [4.78, 5) is 28.6. The fourth-order valence-corrected chi connectivity index (χ4v) is 4.58. The van der Waals surface area contributed by atoms with Gasteiger partial charge in [-0.05, 0) is 38.3 Å². The Morgan fingerprint density at radius 1 is 1.32 bits per heavy atom. The van der Waals surface area contributed by atoms with Gasteiger partial charge in [0, 0.05) is 62.0 Å². The molecule has 2 fully saturated rings. The van der Waals surface area contributed by atoms with Gasteiger partial charge in [0.1, 0.15) is 11.9 Å². The number of carbonyl (C=O) groups is 1. The first-order valence-corrected chi connectivity index (χ1v) is 9.96. The van der Waals surface area contributed by atoms with E-state index in [1.165, 1.54) is 0 Å². The van der Waals surface area contributed by atoms with E-state index in [2.05, 4.69) is 25.9 Å². The molecule has 2 aromatic heterocycles. The van der Waals surface area contributed by atoms with Gasteiger partial charge in [-0.1, -0.05) is 0 Å². The van der Waals surface area contributed by atoms with E-state index in [-0.39, 0.29) is 11.3 Å². The van der Waals surface area contributed by atoms with Gasteiger partial charge in [-0.25, -0.2) is 9.97 Å². The van der Waals surface area contributed by atoms with Crippen LogP contribution in [0.4, 0.5) is 5.82 Å². The predicted octanol–water partition coefficient (Wildman–Crippen LogP) is 2.44. The maximum absolute atomic E-state index is 12.5. The molecule has 28 heavy (non-hydrogen) atoms. The van der Waals surface area contributed by atoms with Gasteiger partial charge in [-0.3, -0.25) is 4.79 Å². The number of H-pyrrole nitrogens is 1. The summed E-state index contributed by atoms with van der Waals surface area (Å²) in [6.07, 6.45) is 7.98. The molecule has 4 heterocycles. The molecule has 146 valence electrons. The second-order valence-corrected chi connectivity index (χ2v) is 8.10. The van der Waals surface area contributed by atoms with Crippen molar-refractivity contribution in [3.63, 3.8) is 0 Å². The Balaban J connectivity index is 1.50. The lowest BCUT2D eigenvalue weighted by Gasteiger charge is -2.48. The van der Waals surface area contributed by atoms with Crippen LogP contribution in [0.25, 0.3) is 0 Å². The fourth-order valence-electron chi connectivity index (χ4n) is 4.58. The van der Waals surface area contributed by atoms with Gasteiger partial charge < -0.3 is 14.8 Å². The second kappa shape index (κ2) is 7.63. The molecule has 2 aliphatic rings. The first-order valence-electron chi connectivity index (χ1n) is 9.96. The third-order valence-corrected chi connectivity index (χ3v) is 6.05. The molecule has 0 aliphatic carbocycles. The zero-order valence-corrected chi connectivity index (χ0v) is 16.3. The van der Waals surface area contributed by atoms with Crippen LogP contribution in [0, 0.1) is 23.7 Å². The van der Waals surface area contributed by atoms with Gasteiger partial charge in [0.15, 0.2) is 0 Å². The number of imidazole rings is 1. The van der Waals surface area contributed by atoms with Crippen LogP contribution in [-0.2, 0) is 11.2 Å². The first-order chi connectivity index (χ1) is 13.6. The lowest BCUT2D eigenvalue weighted by molar-refractivity contribution is -0.137. The fraction of sp³-hybridized carbons (Fsp3) is 0.524. The number of piperidine rings is 2. The molecule has 0 aromatic carbocycles. The number of hydrogen-bond acceptors (Lipinski definition) is 5. The Kier molecular flexibility index (Phi) is 5.03. The van der Waals surface area contributed by atoms with Crippen molar-refractivity contribution in [3.8, 4) is 6.07 Å². The number of amides is 1. The third-order valence-electron chi connectivity index (χ3n) is 6.05. The van der Waals surface area contributed by atoms with Crippen molar-refractivity contribution in [2.24, 2.45) is 5.41 Å². The lowest BCUT2D eigenvalue weighted by Crippen LogP contribution is -2.54. The van der Waals surface area contributed by atoms with Gasteiger partial charge in [-0.2, -0.15) is 5.26 Å². The average Bonchev–Trinajstić information content (AvgIpc) is 3.23. The highest BCUT2D eigenvalue weighted by Crippen LogP contribution is 2.40. The summed E-state index contributed by atoms with van der Waals surface area (Å²) in [6.45, 7) is 5.22. The van der Waals surface area contributed by atoms with Crippen molar-refractivity contribution < 1.29 is 4.79 Å². The summed E-state index contributed by atoms with van der Waals surface area (Å²) in [5.74, 6) is 1.04. The van der Waals surface area contributed by atoms with Gasteiger partial charge in [0.25, 0.3) is 0 Å². The van der Waals surface area contributed by atoms with Crippen LogP contribution >= 0.6 is 0 Å². The summed E-state index contributed by atoms with van der Waals surface area (Å²) in [7, 11) is 0. The Morgan fingerprint density at radius 2 is 2.21 bits per heavy atom. The molecule has 0 bridgehead atoms. The van der Waals surface area contributed by atoms with Crippen LogP contribution in [0.5, 0.6) is 0 Å². The first kappa shape index (κ1) is 18.5. The van der Waals surface area contributed by atoms with E-state index >= 15 is 0 Å². The van der Waals surface area contributed by atoms with Crippen molar-refractivity contribution >= 4 is 11.7 Å². The minimum atomic E-state index is 0.0816. The molecule has 1 N–H and O–H groups in total. The van der Waals surface area contributed by atoms with E-state index in [0.29, 0.717) is 12.0 Å². The zero-order valence-electron chi connectivity index (χ0n) is 16.3. The molecule has 0 saturated carbocycles. The molecule has 2 saturated heterocycles. The van der Waals surface area contributed by atoms with E-state index < -0.39 is 0 Å². The number of aryl methyl sites for hydroxylation is 1. The van der Waals surface area contributed by atoms with E-state index in [4.69, 9.17) is 0 Å². The highest BCUT2D eigenvalue weighted by Gasteiger charge is 2.42. The summed E-state index contributed by atoms with van der Waals surface area (Å²) in [5, 5.41) is 9.50. The number of aromatic amines is 1. The quantitative estimate of drug-likeness (QED) is 0.883. The van der Waals surface area contributed by atoms with E-state index in [0.717, 1.165) is 69.1 Å². The number of anilines is 1. The number of likely N-dealkylation sites (tertiary alicyclic amines) is 1. The van der Waals surface area contributed by atoms with Crippen LogP contribution in [0.15, 0.2) is 24.7 Å². The molecule has 1 atom stereocenters. The summed E-state index contributed by atoms with van der Waals surface area (Å²) in [5.41, 5.74) is 2.69. The largest absolute Gasteiger partial charge is 0.355 e. The van der Waals surface area contributed by atoms with Crippen molar-refractivity contribution in [1.29, 1.82) is 5.26 Å². The van der Waals surface area contributed by atoms with Gasteiger partial charge >= 0.3 is 0 Å². The van der Waals surface area contributed by atoms with Crippen LogP contribution < -0.4 is 4.90 Å². The lowest BCUT2D eigenvalue weighted by atomic mass is 9.73. The summed E-state index contributed by atoms with van der Waals surface area (Å²) in [6, 6.07) is 6.03. The average molecular weight is 378 g/mol. The van der Waals surface area contributed by atoms with Crippen LogP contribution in [0.1, 0.15) is 42.6 Å². The highest BCUT2D eigenvalue weighted by molar-refractivity contribution is 5.77. The van der Waals surface area contributed by atoms with Gasteiger partial charge in [0.2, 0.25) is 5.91 Å². The zero-order chi connectivity index (χ0) is 19.6. The molecule has 0 radical (unpaired) electrons. The predicted molar refractivity (Wildman–Crippen MR) is 106 cm³/mol. The number of aromatic nitrogens is 3. The van der Waals surface area contributed by atoms with Crippen molar-refractivity contribution in [2.45, 2.75) is 39.0 Å². The highest BCUT2D eigenvalue weighted by atomic mass is 16.2. The van der Waals surface area contributed by atoms with Crippen LogP contribution in [-0.4, -0.2) is 51.9 Å². The molecule has 4 rings (SSSR count). The number of nitrogens with zero attached hydrogens (tertiary/aromatic N) is 5. The number of carbonyl (C=O) groups excluding carboxylic acids is 1. The maximum Gasteiger partial charge on any atom is 0.222 e. The molecular weight excluding hydrogens is 352 g/mol. The number of nitrogens with one attached hydrogen (secondary N) is 1. The maximum atomic E-state index is 12.5. The molecule has 1 spiro atoms. The molecule has 7 nitrogen and oxygen atoms in total. The Labute approximate surface area is 165 Å². The Morgan fingerprint density at radius 3 is 3.00 bits per heavy atom. The SMILES string of the molecule is Cc1ccc(C#N)c(N2CCC[C@]3(CCC(=O)N(CCc4cnc[nH]4)C3)C2)n1. The number of nitriles is 1. The molecular formula is C21H26N6O. The normalized spacial score (nSPS) is 22.5. The van der Waals surface area contributed by atoms with Crippen LogP contribution in [0.3, 0.4) is 0 Å². The van der Waals surface area contributed by atoms with Gasteiger partial charge in [0.05, 0.1) is 11.9 Å². The van der Waals surface area contributed by atoms with Crippen molar-refractivity contribution in [3.05, 3.63) is 41.6 Å². The summed E-state index contributed by atoms with van der Waals surface area (Å²) < 4.78 is 0. The number of hydrogen-bond donors (Lipinski definition) is 1. The topological polar surface area (TPSA) is 88.9 Å². The van der Waals surface area contributed by atoms with Gasteiger partial charge in [-0.15, -0.1) is 0 Å². The molecule has 2 aromatic rings. The third kappa shape index (κ3) is 3.72.